The SMILES string of the molecule is Cc1cccc(NCC(=O)NCC2CC2)c1. The molecule has 0 heterocycles. The van der Waals surface area contributed by atoms with Gasteiger partial charge in [-0.25, -0.2) is 0 Å². The quantitative estimate of drug-likeness (QED) is 0.793. The average molecular weight is 218 g/mol. The first-order valence-electron chi connectivity index (χ1n) is 5.81. The van der Waals surface area contributed by atoms with Crippen LogP contribution in [0.5, 0.6) is 0 Å². The van der Waals surface area contributed by atoms with Crippen LogP contribution in [0.4, 0.5) is 5.69 Å². The van der Waals surface area contributed by atoms with Gasteiger partial charge in [0.25, 0.3) is 0 Å². The van der Waals surface area contributed by atoms with Gasteiger partial charge in [-0.1, -0.05) is 12.1 Å². The van der Waals surface area contributed by atoms with Gasteiger partial charge in [-0.2, -0.15) is 0 Å². The van der Waals surface area contributed by atoms with E-state index < -0.39 is 0 Å². The monoisotopic (exact) mass is 218 g/mol. The van der Waals surface area contributed by atoms with Gasteiger partial charge in [0.15, 0.2) is 0 Å². The fraction of sp³-hybridized carbons (Fsp3) is 0.462. The molecule has 2 N–H and O–H groups in total. The standard InChI is InChI=1S/C13H18N2O/c1-10-3-2-4-12(7-10)14-9-13(16)15-8-11-5-6-11/h2-4,7,11,14H,5-6,8-9H2,1H3,(H,15,16). The van der Waals surface area contributed by atoms with Gasteiger partial charge in [-0.05, 0) is 43.4 Å². The van der Waals surface area contributed by atoms with E-state index >= 15 is 0 Å². The van der Waals surface area contributed by atoms with Gasteiger partial charge in [0.1, 0.15) is 0 Å². The molecule has 0 bridgehead atoms. The maximum atomic E-state index is 11.5. The van der Waals surface area contributed by atoms with Crippen LogP contribution in [0.15, 0.2) is 24.3 Å². The van der Waals surface area contributed by atoms with Gasteiger partial charge in [0.2, 0.25) is 5.91 Å². The van der Waals surface area contributed by atoms with Crippen molar-refractivity contribution >= 4 is 11.6 Å². The summed E-state index contributed by atoms with van der Waals surface area (Å²) in [4.78, 5) is 11.5. The maximum Gasteiger partial charge on any atom is 0.239 e. The minimum atomic E-state index is 0.0772. The Hall–Kier alpha value is -1.51. The number of hydrogen-bond acceptors (Lipinski definition) is 2. The third kappa shape index (κ3) is 3.57. The first-order chi connectivity index (χ1) is 7.74. The molecular formula is C13H18N2O. The van der Waals surface area contributed by atoms with E-state index in [-0.39, 0.29) is 5.91 Å². The molecule has 16 heavy (non-hydrogen) atoms. The number of aryl methyl sites for hydroxylation is 1. The molecule has 0 spiro atoms. The van der Waals surface area contributed by atoms with Gasteiger partial charge in [0, 0.05) is 12.2 Å². The van der Waals surface area contributed by atoms with E-state index in [1.54, 1.807) is 0 Å². The fourth-order valence-corrected chi connectivity index (χ4v) is 1.58. The third-order valence-corrected chi connectivity index (χ3v) is 2.76. The highest BCUT2D eigenvalue weighted by Crippen LogP contribution is 2.27. The van der Waals surface area contributed by atoms with Crippen molar-refractivity contribution in [3.05, 3.63) is 29.8 Å². The lowest BCUT2D eigenvalue weighted by Gasteiger charge is -2.07. The van der Waals surface area contributed by atoms with Crippen molar-refractivity contribution in [2.75, 3.05) is 18.4 Å². The summed E-state index contributed by atoms with van der Waals surface area (Å²) in [5.41, 5.74) is 2.20. The minimum Gasteiger partial charge on any atom is -0.376 e. The van der Waals surface area contributed by atoms with Crippen LogP contribution in [0.3, 0.4) is 0 Å². The summed E-state index contributed by atoms with van der Waals surface area (Å²) >= 11 is 0. The second kappa shape index (κ2) is 5.01. The molecule has 86 valence electrons. The van der Waals surface area contributed by atoms with Crippen LogP contribution in [0, 0.1) is 12.8 Å². The molecule has 0 saturated heterocycles. The number of carbonyl (C=O) groups excluding carboxylic acids is 1. The smallest absolute Gasteiger partial charge is 0.239 e. The van der Waals surface area contributed by atoms with E-state index in [1.165, 1.54) is 18.4 Å². The predicted molar refractivity (Wildman–Crippen MR) is 65.4 cm³/mol. The highest BCUT2D eigenvalue weighted by molar-refractivity contribution is 5.80. The molecule has 3 heteroatoms. The zero-order chi connectivity index (χ0) is 11.4. The lowest BCUT2D eigenvalue weighted by molar-refractivity contribution is -0.119. The summed E-state index contributed by atoms with van der Waals surface area (Å²) in [5, 5.41) is 6.05. The van der Waals surface area contributed by atoms with E-state index in [4.69, 9.17) is 0 Å². The summed E-state index contributed by atoms with van der Waals surface area (Å²) in [6.45, 7) is 3.24. The van der Waals surface area contributed by atoms with Crippen molar-refractivity contribution in [1.29, 1.82) is 0 Å². The molecule has 1 saturated carbocycles. The van der Waals surface area contributed by atoms with E-state index in [9.17, 15) is 4.79 Å². The lowest BCUT2D eigenvalue weighted by Crippen LogP contribution is -2.31. The van der Waals surface area contributed by atoms with E-state index in [1.807, 2.05) is 31.2 Å². The van der Waals surface area contributed by atoms with Gasteiger partial charge < -0.3 is 10.6 Å². The summed E-state index contributed by atoms with van der Waals surface area (Å²) in [6.07, 6.45) is 2.54. The van der Waals surface area contributed by atoms with Crippen molar-refractivity contribution in [2.45, 2.75) is 19.8 Å². The van der Waals surface area contributed by atoms with Crippen LogP contribution >= 0.6 is 0 Å². The first-order valence-corrected chi connectivity index (χ1v) is 5.81. The number of carbonyl (C=O) groups is 1. The molecule has 1 aliphatic rings. The first kappa shape index (κ1) is 11.0. The van der Waals surface area contributed by atoms with Crippen molar-refractivity contribution in [1.82, 2.24) is 5.32 Å². The Morgan fingerprint density at radius 3 is 2.94 bits per heavy atom. The predicted octanol–water partition coefficient (Wildman–Crippen LogP) is 1.93. The van der Waals surface area contributed by atoms with Crippen LogP contribution in [-0.2, 0) is 4.79 Å². The topological polar surface area (TPSA) is 41.1 Å². The molecular weight excluding hydrogens is 200 g/mol. The second-order valence-electron chi connectivity index (χ2n) is 4.47. The molecule has 1 amide bonds. The number of benzene rings is 1. The highest BCUT2D eigenvalue weighted by atomic mass is 16.1. The van der Waals surface area contributed by atoms with E-state index in [2.05, 4.69) is 10.6 Å². The minimum absolute atomic E-state index is 0.0772. The Bertz CT molecular complexity index is 372. The highest BCUT2D eigenvalue weighted by Gasteiger charge is 2.21. The molecule has 1 fully saturated rings. The summed E-state index contributed by atoms with van der Waals surface area (Å²) < 4.78 is 0. The number of amides is 1. The Labute approximate surface area is 96.2 Å². The van der Waals surface area contributed by atoms with Crippen molar-refractivity contribution in [3.8, 4) is 0 Å². The Kier molecular flexibility index (Phi) is 3.44. The molecule has 1 aromatic rings. The van der Waals surface area contributed by atoms with Gasteiger partial charge in [-0.3, -0.25) is 4.79 Å². The lowest BCUT2D eigenvalue weighted by atomic mass is 10.2. The van der Waals surface area contributed by atoms with Crippen molar-refractivity contribution < 1.29 is 4.79 Å². The van der Waals surface area contributed by atoms with E-state index in [0.29, 0.717) is 6.54 Å². The van der Waals surface area contributed by atoms with Gasteiger partial charge >= 0.3 is 0 Å². The average Bonchev–Trinajstić information content (AvgIpc) is 3.07. The van der Waals surface area contributed by atoms with Crippen LogP contribution in [-0.4, -0.2) is 19.0 Å². The Balaban J connectivity index is 1.71. The number of hydrogen-bond donors (Lipinski definition) is 2. The number of anilines is 1. The molecule has 1 aliphatic carbocycles. The zero-order valence-corrected chi connectivity index (χ0v) is 9.62. The normalized spacial score (nSPS) is 14.6. The van der Waals surface area contributed by atoms with Gasteiger partial charge in [-0.15, -0.1) is 0 Å². The Morgan fingerprint density at radius 1 is 1.44 bits per heavy atom. The molecule has 0 unspecified atom stereocenters. The summed E-state index contributed by atoms with van der Waals surface area (Å²) in [7, 11) is 0. The van der Waals surface area contributed by atoms with Crippen LogP contribution in [0.1, 0.15) is 18.4 Å². The van der Waals surface area contributed by atoms with Crippen LogP contribution in [0.25, 0.3) is 0 Å². The molecule has 0 atom stereocenters. The van der Waals surface area contributed by atoms with Crippen molar-refractivity contribution in [2.24, 2.45) is 5.92 Å². The number of nitrogens with one attached hydrogen (secondary N) is 2. The molecule has 2 rings (SSSR count). The fourth-order valence-electron chi connectivity index (χ4n) is 1.58. The summed E-state index contributed by atoms with van der Waals surface area (Å²) in [5.74, 6) is 0.816. The van der Waals surface area contributed by atoms with Crippen LogP contribution < -0.4 is 10.6 Å². The Morgan fingerprint density at radius 2 is 2.25 bits per heavy atom. The van der Waals surface area contributed by atoms with Crippen molar-refractivity contribution in [3.63, 3.8) is 0 Å². The largest absolute Gasteiger partial charge is 0.376 e. The van der Waals surface area contributed by atoms with Crippen LogP contribution in [0.2, 0.25) is 0 Å². The second-order valence-corrected chi connectivity index (χ2v) is 4.47. The van der Waals surface area contributed by atoms with Gasteiger partial charge in [0.05, 0.1) is 6.54 Å². The summed E-state index contributed by atoms with van der Waals surface area (Å²) in [6, 6.07) is 8.04. The molecule has 3 nitrogen and oxygen atoms in total. The molecule has 0 aliphatic heterocycles. The molecule has 0 aromatic heterocycles. The van der Waals surface area contributed by atoms with E-state index in [0.717, 1.165) is 18.2 Å². The number of rotatable bonds is 5. The zero-order valence-electron chi connectivity index (χ0n) is 9.62. The third-order valence-electron chi connectivity index (χ3n) is 2.76. The maximum absolute atomic E-state index is 11.5. The molecule has 0 radical (unpaired) electrons. The molecule has 1 aromatic carbocycles.